The fraction of sp³-hybridized carbons (Fsp3) is 0.286. The highest BCUT2D eigenvalue weighted by Gasteiger charge is 1.84. The summed E-state index contributed by atoms with van der Waals surface area (Å²) in [5.74, 6) is 0. The van der Waals surface area contributed by atoms with Crippen LogP contribution in [-0.4, -0.2) is 11.7 Å². The first-order valence-electron chi connectivity index (χ1n) is 2.72. The molecule has 0 aromatic carbocycles. The van der Waals surface area contributed by atoms with E-state index in [4.69, 9.17) is 11.6 Å². The van der Waals surface area contributed by atoms with Crippen LogP contribution in [-0.2, 0) is 0 Å². The van der Waals surface area contributed by atoms with Crippen LogP contribution >= 0.6 is 11.6 Å². The molecule has 0 radical (unpaired) electrons. The molecule has 0 aliphatic carbocycles. The predicted molar refractivity (Wildman–Crippen MR) is 43.2 cm³/mol. The number of hydrogen-bond acceptors (Lipinski definition) is 1. The van der Waals surface area contributed by atoms with E-state index >= 15 is 0 Å². The first kappa shape index (κ1) is 8.44. The summed E-state index contributed by atoms with van der Waals surface area (Å²) in [5, 5.41) is 0.588. The van der Waals surface area contributed by atoms with Gasteiger partial charge < -0.3 is 0 Å². The zero-order valence-corrected chi connectivity index (χ0v) is 6.06. The van der Waals surface area contributed by atoms with Crippen LogP contribution in [0.25, 0.3) is 0 Å². The fourth-order valence-electron chi connectivity index (χ4n) is 0.347. The summed E-state index contributed by atoms with van der Waals surface area (Å²) in [4.78, 5) is 3.93. The molecule has 0 aromatic heterocycles. The zero-order valence-electron chi connectivity index (χ0n) is 5.31. The van der Waals surface area contributed by atoms with Crippen LogP contribution in [0, 0.1) is 0 Å². The molecule has 0 saturated heterocycles. The van der Waals surface area contributed by atoms with E-state index in [0.29, 0.717) is 18.1 Å². The van der Waals surface area contributed by atoms with Gasteiger partial charge in [0.2, 0.25) is 0 Å². The molecule has 0 aliphatic rings. The summed E-state index contributed by atoms with van der Waals surface area (Å²) in [7, 11) is 0. The van der Waals surface area contributed by atoms with Crippen LogP contribution in [0.15, 0.2) is 30.3 Å². The molecule has 0 bridgehead atoms. The molecule has 0 fully saturated rings. The Morgan fingerprint density at radius 2 is 2.11 bits per heavy atom. The standard InChI is InChI=1S/C7H10ClN/c1-3-5-7(8)9-6-4-2/h3-4H,1-2,5-6H2. The molecule has 0 unspecified atom stereocenters. The number of allylic oxidation sites excluding steroid dienone is 1. The molecule has 0 amide bonds. The Hall–Kier alpha value is -0.560. The first-order chi connectivity index (χ1) is 4.31. The van der Waals surface area contributed by atoms with Gasteiger partial charge in [0.1, 0.15) is 5.17 Å². The van der Waals surface area contributed by atoms with Gasteiger partial charge in [-0.1, -0.05) is 23.8 Å². The Balaban J connectivity index is 3.53. The van der Waals surface area contributed by atoms with Crippen molar-refractivity contribution in [3.8, 4) is 0 Å². The van der Waals surface area contributed by atoms with Gasteiger partial charge in [0.05, 0.1) is 6.54 Å². The van der Waals surface area contributed by atoms with Gasteiger partial charge in [0, 0.05) is 6.42 Å². The molecule has 50 valence electrons. The van der Waals surface area contributed by atoms with E-state index in [2.05, 4.69) is 18.2 Å². The van der Waals surface area contributed by atoms with Crippen molar-refractivity contribution in [2.45, 2.75) is 6.42 Å². The van der Waals surface area contributed by atoms with E-state index in [1.807, 2.05) is 0 Å². The average Bonchev–Trinajstić information content (AvgIpc) is 1.85. The van der Waals surface area contributed by atoms with Gasteiger partial charge in [-0.15, -0.1) is 13.2 Å². The number of halogens is 1. The molecular weight excluding hydrogens is 134 g/mol. The molecule has 0 rings (SSSR count). The van der Waals surface area contributed by atoms with Crippen molar-refractivity contribution in [1.29, 1.82) is 0 Å². The molecule has 0 atom stereocenters. The molecule has 0 spiro atoms. The topological polar surface area (TPSA) is 12.4 Å². The van der Waals surface area contributed by atoms with Gasteiger partial charge in [0.15, 0.2) is 0 Å². The second kappa shape index (κ2) is 5.57. The average molecular weight is 144 g/mol. The summed E-state index contributed by atoms with van der Waals surface area (Å²) < 4.78 is 0. The van der Waals surface area contributed by atoms with Gasteiger partial charge in [-0.2, -0.15) is 0 Å². The third-order valence-electron chi connectivity index (χ3n) is 0.705. The highest BCUT2D eigenvalue weighted by atomic mass is 35.5. The van der Waals surface area contributed by atoms with Gasteiger partial charge in [-0.3, -0.25) is 4.99 Å². The number of aliphatic imine (C=N–C) groups is 1. The lowest BCUT2D eigenvalue weighted by molar-refractivity contribution is 1.24. The lowest BCUT2D eigenvalue weighted by Gasteiger charge is -1.87. The summed E-state index contributed by atoms with van der Waals surface area (Å²) in [6, 6.07) is 0. The van der Waals surface area contributed by atoms with Crippen molar-refractivity contribution in [2.24, 2.45) is 4.99 Å². The van der Waals surface area contributed by atoms with Crippen LogP contribution in [0.5, 0.6) is 0 Å². The van der Waals surface area contributed by atoms with Crippen molar-refractivity contribution in [3.05, 3.63) is 25.3 Å². The minimum absolute atomic E-state index is 0.588. The summed E-state index contributed by atoms with van der Waals surface area (Å²) in [6.45, 7) is 7.61. The van der Waals surface area contributed by atoms with Gasteiger partial charge >= 0.3 is 0 Å². The maximum Gasteiger partial charge on any atom is 0.104 e. The Bertz CT molecular complexity index is 127. The summed E-state index contributed by atoms with van der Waals surface area (Å²) in [6.07, 6.45) is 4.07. The lowest BCUT2D eigenvalue weighted by atomic mass is 10.4. The maximum absolute atomic E-state index is 5.59. The van der Waals surface area contributed by atoms with Crippen LogP contribution in [0.2, 0.25) is 0 Å². The third-order valence-corrected chi connectivity index (χ3v) is 0.979. The molecule has 0 saturated carbocycles. The van der Waals surface area contributed by atoms with Crippen LogP contribution in [0.4, 0.5) is 0 Å². The maximum atomic E-state index is 5.59. The van der Waals surface area contributed by atoms with Gasteiger partial charge in [0.25, 0.3) is 0 Å². The minimum Gasteiger partial charge on any atom is -0.273 e. The predicted octanol–water partition coefficient (Wildman–Crippen LogP) is 2.39. The quantitative estimate of drug-likeness (QED) is 0.423. The normalized spacial score (nSPS) is 11.0. The smallest absolute Gasteiger partial charge is 0.104 e. The van der Waals surface area contributed by atoms with Crippen LogP contribution in [0.3, 0.4) is 0 Å². The zero-order chi connectivity index (χ0) is 7.11. The van der Waals surface area contributed by atoms with E-state index in [1.54, 1.807) is 12.2 Å². The lowest BCUT2D eigenvalue weighted by Crippen LogP contribution is -1.84. The van der Waals surface area contributed by atoms with Crippen molar-refractivity contribution in [2.75, 3.05) is 6.54 Å². The Labute approximate surface area is 60.7 Å². The largest absolute Gasteiger partial charge is 0.273 e. The number of rotatable bonds is 4. The molecular formula is C7H10ClN. The van der Waals surface area contributed by atoms with E-state index in [-0.39, 0.29) is 0 Å². The minimum atomic E-state index is 0.588. The van der Waals surface area contributed by atoms with Crippen LogP contribution in [0.1, 0.15) is 6.42 Å². The van der Waals surface area contributed by atoms with E-state index < -0.39 is 0 Å². The van der Waals surface area contributed by atoms with Crippen molar-refractivity contribution in [3.63, 3.8) is 0 Å². The Kier molecular flexibility index (Phi) is 5.23. The third kappa shape index (κ3) is 5.31. The second-order valence-electron chi connectivity index (χ2n) is 1.50. The van der Waals surface area contributed by atoms with E-state index in [9.17, 15) is 0 Å². The van der Waals surface area contributed by atoms with Gasteiger partial charge in [-0.25, -0.2) is 0 Å². The first-order valence-corrected chi connectivity index (χ1v) is 3.09. The highest BCUT2D eigenvalue weighted by molar-refractivity contribution is 6.65. The Morgan fingerprint density at radius 1 is 1.44 bits per heavy atom. The SMILES string of the molecule is C=CCN=C(Cl)CC=C. The van der Waals surface area contributed by atoms with Crippen molar-refractivity contribution in [1.82, 2.24) is 0 Å². The molecule has 0 aliphatic heterocycles. The summed E-state index contributed by atoms with van der Waals surface area (Å²) in [5.41, 5.74) is 0. The molecule has 1 nitrogen and oxygen atoms in total. The van der Waals surface area contributed by atoms with Crippen molar-refractivity contribution >= 4 is 16.8 Å². The molecule has 0 aromatic rings. The van der Waals surface area contributed by atoms with E-state index in [0.717, 1.165) is 0 Å². The van der Waals surface area contributed by atoms with E-state index in [1.165, 1.54) is 0 Å². The van der Waals surface area contributed by atoms with Gasteiger partial charge in [-0.05, 0) is 0 Å². The summed E-state index contributed by atoms with van der Waals surface area (Å²) >= 11 is 5.59. The van der Waals surface area contributed by atoms with Crippen molar-refractivity contribution < 1.29 is 0 Å². The number of nitrogens with zero attached hydrogens (tertiary/aromatic N) is 1. The number of hydrogen-bond donors (Lipinski definition) is 0. The molecule has 2 heteroatoms. The molecule has 9 heavy (non-hydrogen) atoms. The Morgan fingerprint density at radius 3 is 2.56 bits per heavy atom. The highest BCUT2D eigenvalue weighted by Crippen LogP contribution is 1.92. The molecule has 0 N–H and O–H groups in total. The van der Waals surface area contributed by atoms with Crippen LogP contribution < -0.4 is 0 Å². The fourth-order valence-corrected chi connectivity index (χ4v) is 0.525. The second-order valence-corrected chi connectivity index (χ2v) is 1.93. The molecule has 0 heterocycles. The monoisotopic (exact) mass is 143 g/mol.